The average molecular weight is 346 g/mol. The topological polar surface area (TPSA) is 66.0 Å². The molecule has 0 unspecified atom stereocenters. The van der Waals surface area contributed by atoms with Gasteiger partial charge in [-0.2, -0.15) is 0 Å². The Morgan fingerprint density at radius 3 is 2.80 bits per heavy atom. The van der Waals surface area contributed by atoms with Gasteiger partial charge in [0.2, 0.25) is 5.91 Å². The molecule has 1 aliphatic heterocycles. The molecule has 6 nitrogen and oxygen atoms in total. The lowest BCUT2D eigenvalue weighted by molar-refractivity contribution is -0.114. The van der Waals surface area contributed by atoms with E-state index in [1.54, 1.807) is 0 Å². The molecule has 2 N–H and O–H groups in total. The van der Waals surface area contributed by atoms with Crippen LogP contribution >= 0.6 is 0 Å². The van der Waals surface area contributed by atoms with E-state index in [9.17, 15) is 4.79 Å². The van der Waals surface area contributed by atoms with Gasteiger partial charge in [0.05, 0.1) is 6.54 Å². The normalized spacial score (nSPS) is 15.8. The number of amides is 1. The maximum atomic E-state index is 11.1. The minimum atomic E-state index is -0.0899. The molecule has 1 heterocycles. The van der Waals surface area contributed by atoms with Crippen molar-refractivity contribution in [1.82, 2.24) is 10.2 Å². The molecule has 2 rings (SSSR count). The summed E-state index contributed by atoms with van der Waals surface area (Å²) in [4.78, 5) is 18.1. The summed E-state index contributed by atoms with van der Waals surface area (Å²) in [6.07, 6.45) is 2.44. The fourth-order valence-electron chi connectivity index (χ4n) is 2.83. The van der Waals surface area contributed by atoms with Gasteiger partial charge in [-0.25, -0.2) is 4.99 Å². The molecule has 1 fully saturated rings. The number of hydrogen-bond donors (Lipinski definition) is 2. The Morgan fingerprint density at radius 2 is 2.12 bits per heavy atom. The third-order valence-electron chi connectivity index (χ3n) is 4.19. The fraction of sp³-hybridized carbons (Fsp3) is 0.579. The van der Waals surface area contributed by atoms with Crippen LogP contribution in [-0.4, -0.2) is 49.6 Å². The quantitative estimate of drug-likeness (QED) is 0.472. The lowest BCUT2D eigenvalue weighted by atomic mass is 10.00. The molecule has 0 aromatic heterocycles. The molecule has 0 aliphatic carbocycles. The van der Waals surface area contributed by atoms with Gasteiger partial charge < -0.3 is 20.3 Å². The molecular weight excluding hydrogens is 316 g/mol. The molecule has 1 aromatic carbocycles. The number of rotatable bonds is 6. The van der Waals surface area contributed by atoms with Crippen LogP contribution in [0, 0.1) is 5.92 Å². The van der Waals surface area contributed by atoms with Crippen LogP contribution in [0.1, 0.15) is 33.6 Å². The molecule has 0 saturated carbocycles. The lowest BCUT2D eigenvalue weighted by Crippen LogP contribution is -2.45. The van der Waals surface area contributed by atoms with Crippen molar-refractivity contribution in [1.29, 1.82) is 0 Å². The molecule has 1 aromatic rings. The third kappa shape index (κ3) is 6.64. The van der Waals surface area contributed by atoms with Gasteiger partial charge in [0.15, 0.2) is 5.96 Å². The average Bonchev–Trinajstić information content (AvgIpc) is 2.58. The second kappa shape index (κ2) is 9.91. The van der Waals surface area contributed by atoms with E-state index in [1.807, 2.05) is 24.3 Å². The van der Waals surface area contributed by atoms with E-state index < -0.39 is 0 Å². The van der Waals surface area contributed by atoms with Crippen molar-refractivity contribution < 1.29 is 9.53 Å². The van der Waals surface area contributed by atoms with E-state index in [2.05, 4.69) is 34.4 Å². The summed E-state index contributed by atoms with van der Waals surface area (Å²) in [5, 5.41) is 6.12. The molecule has 1 amide bonds. The monoisotopic (exact) mass is 346 g/mol. The number of likely N-dealkylation sites (tertiary alicyclic amines) is 1. The summed E-state index contributed by atoms with van der Waals surface area (Å²) in [5.41, 5.74) is 0.740. The number of aliphatic imine (C=N–C) groups is 1. The Kier molecular flexibility index (Phi) is 7.57. The van der Waals surface area contributed by atoms with Crippen molar-refractivity contribution in [2.75, 3.05) is 38.1 Å². The van der Waals surface area contributed by atoms with Gasteiger partial charge in [-0.15, -0.1) is 0 Å². The van der Waals surface area contributed by atoms with Gasteiger partial charge in [-0.3, -0.25) is 4.79 Å². The molecule has 6 heteroatoms. The maximum absolute atomic E-state index is 11.1. The molecule has 25 heavy (non-hydrogen) atoms. The molecule has 1 aliphatic rings. The van der Waals surface area contributed by atoms with Crippen molar-refractivity contribution in [2.24, 2.45) is 10.9 Å². The first-order valence-corrected chi connectivity index (χ1v) is 9.12. The first kappa shape index (κ1) is 19.1. The first-order chi connectivity index (χ1) is 12.1. The van der Waals surface area contributed by atoms with Crippen molar-refractivity contribution >= 4 is 17.6 Å². The number of nitrogens with zero attached hydrogens (tertiary/aromatic N) is 2. The molecule has 1 saturated heterocycles. The highest BCUT2D eigenvalue weighted by Crippen LogP contribution is 2.17. The van der Waals surface area contributed by atoms with E-state index in [0.717, 1.165) is 42.9 Å². The SMILES string of the molecule is CCNC(=NCCOc1cccc(NC(C)=O)c1)N1CCC(C)CC1. The van der Waals surface area contributed by atoms with Crippen LogP contribution in [0.5, 0.6) is 5.75 Å². The molecule has 0 atom stereocenters. The number of hydrogen-bond acceptors (Lipinski definition) is 3. The van der Waals surface area contributed by atoms with Gasteiger partial charge in [0.1, 0.15) is 12.4 Å². The van der Waals surface area contributed by atoms with Crippen molar-refractivity contribution in [3.05, 3.63) is 24.3 Å². The number of benzene rings is 1. The van der Waals surface area contributed by atoms with E-state index in [0.29, 0.717) is 13.2 Å². The van der Waals surface area contributed by atoms with Crippen molar-refractivity contribution in [3.8, 4) is 5.75 Å². The standard InChI is InChI=1S/C19H30N4O2/c1-4-20-19(23-11-8-15(2)9-12-23)21-10-13-25-18-7-5-6-17(14-18)22-16(3)24/h5-7,14-15H,4,8-13H2,1-3H3,(H,20,21)(H,22,24). The zero-order chi connectivity index (χ0) is 18.1. The first-order valence-electron chi connectivity index (χ1n) is 9.12. The number of carbonyl (C=O) groups excluding carboxylic acids is 1. The highest BCUT2D eigenvalue weighted by atomic mass is 16.5. The van der Waals surface area contributed by atoms with Crippen LogP contribution in [0.25, 0.3) is 0 Å². The lowest BCUT2D eigenvalue weighted by Gasteiger charge is -2.33. The predicted octanol–water partition coefficient (Wildman–Crippen LogP) is 2.72. The maximum Gasteiger partial charge on any atom is 0.221 e. The van der Waals surface area contributed by atoms with Gasteiger partial charge in [-0.05, 0) is 37.8 Å². The van der Waals surface area contributed by atoms with Crippen LogP contribution in [0.3, 0.4) is 0 Å². The Labute approximate surface area is 150 Å². The van der Waals surface area contributed by atoms with Gasteiger partial charge in [0, 0.05) is 38.3 Å². The summed E-state index contributed by atoms with van der Waals surface area (Å²) in [6, 6.07) is 7.41. The smallest absolute Gasteiger partial charge is 0.221 e. The van der Waals surface area contributed by atoms with Crippen LogP contribution in [0.2, 0.25) is 0 Å². The van der Waals surface area contributed by atoms with Crippen LogP contribution in [0.4, 0.5) is 5.69 Å². The zero-order valence-electron chi connectivity index (χ0n) is 15.5. The van der Waals surface area contributed by atoms with Crippen LogP contribution < -0.4 is 15.4 Å². The number of piperidine rings is 1. The molecule has 0 radical (unpaired) electrons. The van der Waals surface area contributed by atoms with E-state index >= 15 is 0 Å². The Balaban J connectivity index is 1.84. The number of ether oxygens (including phenoxy) is 1. The fourth-order valence-corrected chi connectivity index (χ4v) is 2.83. The summed E-state index contributed by atoms with van der Waals surface area (Å²) in [5.74, 6) is 2.43. The second-order valence-corrected chi connectivity index (χ2v) is 6.46. The molecule has 0 bridgehead atoms. The third-order valence-corrected chi connectivity index (χ3v) is 4.19. The Hall–Kier alpha value is -2.24. The Bertz CT molecular complexity index is 581. The van der Waals surface area contributed by atoms with Crippen LogP contribution in [0.15, 0.2) is 29.3 Å². The van der Waals surface area contributed by atoms with Gasteiger partial charge in [-0.1, -0.05) is 13.0 Å². The van der Waals surface area contributed by atoms with Gasteiger partial charge in [0.25, 0.3) is 0 Å². The van der Waals surface area contributed by atoms with Crippen molar-refractivity contribution in [3.63, 3.8) is 0 Å². The van der Waals surface area contributed by atoms with E-state index in [1.165, 1.54) is 19.8 Å². The molecular formula is C19H30N4O2. The predicted molar refractivity (Wildman–Crippen MR) is 102 cm³/mol. The number of anilines is 1. The summed E-state index contributed by atoms with van der Waals surface area (Å²) < 4.78 is 5.76. The highest BCUT2D eigenvalue weighted by molar-refractivity contribution is 5.88. The second-order valence-electron chi connectivity index (χ2n) is 6.46. The summed E-state index contributed by atoms with van der Waals surface area (Å²) >= 11 is 0. The van der Waals surface area contributed by atoms with E-state index in [-0.39, 0.29) is 5.91 Å². The number of nitrogens with one attached hydrogen (secondary N) is 2. The number of guanidine groups is 1. The molecule has 138 valence electrons. The largest absolute Gasteiger partial charge is 0.492 e. The van der Waals surface area contributed by atoms with E-state index in [4.69, 9.17) is 4.74 Å². The summed E-state index contributed by atoms with van der Waals surface area (Å²) in [6.45, 7) is 9.98. The van der Waals surface area contributed by atoms with Crippen molar-refractivity contribution in [2.45, 2.75) is 33.6 Å². The Morgan fingerprint density at radius 1 is 1.36 bits per heavy atom. The highest BCUT2D eigenvalue weighted by Gasteiger charge is 2.18. The summed E-state index contributed by atoms with van der Waals surface area (Å²) in [7, 11) is 0. The minimum absolute atomic E-state index is 0.0899. The van der Waals surface area contributed by atoms with Gasteiger partial charge >= 0.3 is 0 Å². The zero-order valence-corrected chi connectivity index (χ0v) is 15.5. The minimum Gasteiger partial charge on any atom is -0.492 e. The molecule has 0 spiro atoms. The number of carbonyl (C=O) groups is 1. The van der Waals surface area contributed by atoms with Crippen LogP contribution in [-0.2, 0) is 4.79 Å².